The summed E-state index contributed by atoms with van der Waals surface area (Å²) < 4.78 is 27.2. The quantitative estimate of drug-likeness (QED) is 0.836. The van der Waals surface area contributed by atoms with Gasteiger partial charge in [0.15, 0.2) is 0 Å². The van der Waals surface area contributed by atoms with Gasteiger partial charge in [-0.25, -0.2) is 8.42 Å². The summed E-state index contributed by atoms with van der Waals surface area (Å²) in [4.78, 5) is 2.21. The maximum atomic E-state index is 12.8. The van der Waals surface area contributed by atoms with Crippen LogP contribution in [0.15, 0.2) is 54.6 Å². The van der Waals surface area contributed by atoms with Gasteiger partial charge in [-0.1, -0.05) is 54.1 Å². The van der Waals surface area contributed by atoms with E-state index in [1.165, 1.54) is 0 Å². The number of benzene rings is 2. The Morgan fingerprint density at radius 2 is 1.71 bits per heavy atom. The molecule has 1 fully saturated rings. The zero-order valence-corrected chi connectivity index (χ0v) is 15.2. The van der Waals surface area contributed by atoms with Crippen molar-refractivity contribution in [3.8, 4) is 0 Å². The molecule has 0 aliphatic carbocycles. The van der Waals surface area contributed by atoms with Gasteiger partial charge in [-0.05, 0) is 30.3 Å². The third-order valence-corrected chi connectivity index (χ3v) is 6.52. The predicted octanol–water partition coefficient (Wildman–Crippen LogP) is 3.16. The molecule has 1 unspecified atom stereocenters. The van der Waals surface area contributed by atoms with Crippen LogP contribution in [0.2, 0.25) is 5.02 Å². The molecule has 1 heterocycles. The van der Waals surface area contributed by atoms with Crippen molar-refractivity contribution in [2.24, 2.45) is 0 Å². The molecule has 128 valence electrons. The number of halogens is 1. The number of piperazine rings is 1. The maximum absolute atomic E-state index is 12.8. The minimum absolute atomic E-state index is 0.00932. The van der Waals surface area contributed by atoms with Crippen LogP contribution < -0.4 is 0 Å². The Morgan fingerprint density at radius 1 is 1.04 bits per heavy atom. The van der Waals surface area contributed by atoms with Gasteiger partial charge in [-0.15, -0.1) is 0 Å². The van der Waals surface area contributed by atoms with Crippen LogP contribution in [0.1, 0.15) is 17.2 Å². The number of hydrogen-bond acceptors (Lipinski definition) is 3. The van der Waals surface area contributed by atoms with E-state index in [1.54, 1.807) is 28.6 Å². The minimum Gasteiger partial charge on any atom is -0.297 e. The fraction of sp³-hybridized carbons (Fsp3) is 0.333. The van der Waals surface area contributed by atoms with E-state index in [-0.39, 0.29) is 11.8 Å². The Balaban J connectivity index is 1.77. The zero-order valence-electron chi connectivity index (χ0n) is 13.6. The zero-order chi connectivity index (χ0) is 17.2. The Labute approximate surface area is 148 Å². The molecule has 0 aromatic heterocycles. The molecule has 0 radical (unpaired) electrons. The number of rotatable bonds is 4. The largest absolute Gasteiger partial charge is 0.297 e. The average molecular weight is 365 g/mol. The van der Waals surface area contributed by atoms with Crippen molar-refractivity contribution in [1.29, 1.82) is 0 Å². The molecular weight excluding hydrogens is 344 g/mol. The van der Waals surface area contributed by atoms with Gasteiger partial charge in [0, 0.05) is 30.7 Å². The third kappa shape index (κ3) is 3.98. The predicted molar refractivity (Wildman–Crippen MR) is 97.5 cm³/mol. The normalized spacial score (nSPS) is 20.2. The fourth-order valence-electron chi connectivity index (χ4n) is 3.02. The summed E-state index contributed by atoms with van der Waals surface area (Å²) in [6, 6.07) is 17.1. The van der Waals surface area contributed by atoms with Crippen molar-refractivity contribution >= 4 is 21.6 Å². The van der Waals surface area contributed by atoms with E-state index in [9.17, 15) is 8.42 Å². The van der Waals surface area contributed by atoms with Crippen molar-refractivity contribution in [2.45, 2.75) is 11.8 Å². The molecule has 0 saturated carbocycles. The van der Waals surface area contributed by atoms with E-state index in [1.807, 2.05) is 25.2 Å². The molecule has 1 atom stereocenters. The summed E-state index contributed by atoms with van der Waals surface area (Å²) in [5.41, 5.74) is 1.90. The van der Waals surface area contributed by atoms with Crippen LogP contribution in [-0.4, -0.2) is 44.3 Å². The van der Waals surface area contributed by atoms with Gasteiger partial charge >= 0.3 is 0 Å². The van der Waals surface area contributed by atoms with Gasteiger partial charge < -0.3 is 0 Å². The summed E-state index contributed by atoms with van der Waals surface area (Å²) in [7, 11) is -1.31. The molecule has 0 bridgehead atoms. The van der Waals surface area contributed by atoms with Crippen molar-refractivity contribution in [1.82, 2.24) is 9.21 Å². The van der Waals surface area contributed by atoms with Gasteiger partial charge in [0.2, 0.25) is 10.0 Å². The van der Waals surface area contributed by atoms with Crippen LogP contribution in [0.5, 0.6) is 0 Å². The molecular formula is C18H21ClN2O2S. The second kappa shape index (κ2) is 7.23. The molecule has 4 nitrogen and oxygen atoms in total. The number of hydrogen-bond donors (Lipinski definition) is 0. The van der Waals surface area contributed by atoms with Crippen LogP contribution in [0.3, 0.4) is 0 Å². The van der Waals surface area contributed by atoms with Gasteiger partial charge in [0.25, 0.3) is 0 Å². The highest BCUT2D eigenvalue weighted by atomic mass is 35.5. The molecule has 2 aromatic carbocycles. The first kappa shape index (κ1) is 17.4. The highest BCUT2D eigenvalue weighted by molar-refractivity contribution is 7.88. The van der Waals surface area contributed by atoms with Crippen LogP contribution in [0.4, 0.5) is 0 Å². The summed E-state index contributed by atoms with van der Waals surface area (Å²) in [5, 5.41) is 0.611. The molecule has 2 aromatic rings. The molecule has 1 saturated heterocycles. The van der Waals surface area contributed by atoms with Crippen LogP contribution in [0, 0.1) is 0 Å². The lowest BCUT2D eigenvalue weighted by molar-refractivity contribution is 0.148. The monoisotopic (exact) mass is 364 g/mol. The van der Waals surface area contributed by atoms with E-state index in [0.717, 1.165) is 17.7 Å². The average Bonchev–Trinajstić information content (AvgIpc) is 2.58. The van der Waals surface area contributed by atoms with Crippen molar-refractivity contribution in [3.05, 3.63) is 70.7 Å². The minimum atomic E-state index is -3.35. The Morgan fingerprint density at radius 3 is 2.38 bits per heavy atom. The number of nitrogens with zero attached hydrogens (tertiary/aromatic N) is 2. The molecule has 3 rings (SSSR count). The SMILES string of the molecule is CN1CCN(S(=O)(=O)Cc2ccc(Cl)cc2)CC1c1ccccc1. The Kier molecular flexibility index (Phi) is 5.25. The summed E-state index contributed by atoms with van der Waals surface area (Å²) >= 11 is 5.87. The lowest BCUT2D eigenvalue weighted by Gasteiger charge is -2.39. The van der Waals surface area contributed by atoms with E-state index in [0.29, 0.717) is 18.1 Å². The summed E-state index contributed by atoms with van der Waals surface area (Å²) in [5.74, 6) is 0.00932. The lowest BCUT2D eigenvalue weighted by Crippen LogP contribution is -2.49. The first-order valence-corrected chi connectivity index (χ1v) is 9.92. The van der Waals surface area contributed by atoms with Crippen LogP contribution >= 0.6 is 11.6 Å². The highest BCUT2D eigenvalue weighted by Crippen LogP contribution is 2.26. The van der Waals surface area contributed by atoms with Crippen LogP contribution in [-0.2, 0) is 15.8 Å². The van der Waals surface area contributed by atoms with Gasteiger partial charge in [-0.3, -0.25) is 4.90 Å². The van der Waals surface area contributed by atoms with Crippen molar-refractivity contribution in [2.75, 3.05) is 26.7 Å². The first-order chi connectivity index (χ1) is 11.5. The standard InChI is InChI=1S/C18H21ClN2O2S/c1-20-11-12-21(13-18(20)16-5-3-2-4-6-16)24(22,23)14-15-7-9-17(19)10-8-15/h2-10,18H,11-14H2,1H3. The smallest absolute Gasteiger partial charge is 0.218 e. The van der Waals surface area contributed by atoms with Gasteiger partial charge in [0.1, 0.15) is 0 Å². The first-order valence-electron chi connectivity index (χ1n) is 7.93. The molecule has 1 aliphatic rings. The summed E-state index contributed by atoms with van der Waals surface area (Å²) in [6.45, 7) is 1.73. The van der Waals surface area contributed by atoms with Crippen molar-refractivity contribution < 1.29 is 8.42 Å². The van der Waals surface area contributed by atoms with Crippen LogP contribution in [0.25, 0.3) is 0 Å². The summed E-state index contributed by atoms with van der Waals surface area (Å²) in [6.07, 6.45) is 0. The van der Waals surface area contributed by atoms with Gasteiger partial charge in [-0.2, -0.15) is 4.31 Å². The second-order valence-corrected chi connectivity index (χ2v) is 8.55. The lowest BCUT2D eigenvalue weighted by atomic mass is 10.0. The second-order valence-electron chi connectivity index (χ2n) is 6.15. The molecule has 0 spiro atoms. The molecule has 0 N–H and O–H groups in total. The Bertz CT molecular complexity index is 778. The van der Waals surface area contributed by atoms with E-state index in [4.69, 9.17) is 11.6 Å². The Hall–Kier alpha value is -1.40. The van der Waals surface area contributed by atoms with E-state index in [2.05, 4.69) is 17.0 Å². The molecule has 24 heavy (non-hydrogen) atoms. The molecule has 0 amide bonds. The third-order valence-electron chi connectivity index (χ3n) is 4.45. The number of likely N-dealkylation sites (N-methyl/N-ethyl adjacent to an activating group) is 1. The topological polar surface area (TPSA) is 40.6 Å². The molecule has 6 heteroatoms. The number of sulfonamides is 1. The van der Waals surface area contributed by atoms with Gasteiger partial charge in [0.05, 0.1) is 5.75 Å². The maximum Gasteiger partial charge on any atom is 0.218 e. The van der Waals surface area contributed by atoms with Crippen molar-refractivity contribution in [3.63, 3.8) is 0 Å². The highest BCUT2D eigenvalue weighted by Gasteiger charge is 2.32. The molecule has 1 aliphatic heterocycles. The van der Waals surface area contributed by atoms with E-state index >= 15 is 0 Å². The fourth-order valence-corrected chi connectivity index (χ4v) is 4.67. The van der Waals surface area contributed by atoms with E-state index < -0.39 is 10.0 Å².